The molecule has 1 heterocycles. The number of nitrogens with two attached hydrogens (primary N) is 1. The monoisotopic (exact) mass is 194 g/mol. The number of nitrogens with one attached hydrogen (secondary N) is 1. The molecule has 0 saturated heterocycles. The zero-order valence-corrected chi connectivity index (χ0v) is 7.55. The Balaban J connectivity index is 2.66. The maximum absolute atomic E-state index is 12.9. The Hall–Kier alpha value is -1.55. The minimum absolute atomic E-state index is 0.0373. The molecule has 0 atom stereocenters. The number of hydrogen-bond donors (Lipinski definition) is 3. The quantitative estimate of drug-likeness (QED) is 0.678. The second kappa shape index (κ2) is 3.31. The van der Waals surface area contributed by atoms with E-state index in [0.29, 0.717) is 23.9 Å². The fraction of sp³-hybridized carbons (Fsp3) is 0.200. The highest BCUT2D eigenvalue weighted by Gasteiger charge is 2.09. The predicted octanol–water partition coefficient (Wildman–Crippen LogP) is 1.51. The molecule has 0 aliphatic rings. The molecule has 0 radical (unpaired) electrons. The summed E-state index contributed by atoms with van der Waals surface area (Å²) in [6.45, 7) is 0.504. The van der Waals surface area contributed by atoms with Gasteiger partial charge in [-0.25, -0.2) is 4.39 Å². The van der Waals surface area contributed by atoms with Crippen LogP contribution in [0.1, 0.15) is 5.56 Å². The second-order valence-corrected chi connectivity index (χ2v) is 3.20. The molecule has 0 bridgehead atoms. The van der Waals surface area contributed by atoms with Crippen LogP contribution in [-0.4, -0.2) is 16.6 Å². The summed E-state index contributed by atoms with van der Waals surface area (Å²) in [4.78, 5) is 2.90. The molecule has 4 N–H and O–H groups in total. The predicted molar refractivity (Wildman–Crippen MR) is 52.7 cm³/mol. The molecule has 0 aliphatic carbocycles. The van der Waals surface area contributed by atoms with Gasteiger partial charge in [-0.15, -0.1) is 0 Å². The van der Waals surface area contributed by atoms with Gasteiger partial charge in [-0.3, -0.25) is 0 Å². The molecule has 2 aromatic rings. The van der Waals surface area contributed by atoms with Gasteiger partial charge in [0.15, 0.2) is 0 Å². The lowest BCUT2D eigenvalue weighted by Crippen LogP contribution is -2.01. The third-order valence-electron chi connectivity index (χ3n) is 2.22. The van der Waals surface area contributed by atoms with Gasteiger partial charge in [0.2, 0.25) is 0 Å². The first-order valence-electron chi connectivity index (χ1n) is 4.41. The fourth-order valence-corrected chi connectivity index (χ4v) is 1.63. The van der Waals surface area contributed by atoms with E-state index < -0.39 is 5.82 Å². The normalized spacial score (nSPS) is 11.0. The van der Waals surface area contributed by atoms with Crippen molar-refractivity contribution in [2.75, 3.05) is 6.54 Å². The largest absolute Gasteiger partial charge is 0.507 e. The van der Waals surface area contributed by atoms with Crippen molar-refractivity contribution in [2.24, 2.45) is 5.73 Å². The molecule has 3 nitrogen and oxygen atoms in total. The van der Waals surface area contributed by atoms with Crippen molar-refractivity contribution in [3.05, 3.63) is 29.7 Å². The molecule has 0 unspecified atom stereocenters. The van der Waals surface area contributed by atoms with Crippen LogP contribution >= 0.6 is 0 Å². The van der Waals surface area contributed by atoms with Gasteiger partial charge in [-0.1, -0.05) is 0 Å². The topological polar surface area (TPSA) is 62.0 Å². The van der Waals surface area contributed by atoms with E-state index in [9.17, 15) is 9.50 Å². The van der Waals surface area contributed by atoms with E-state index in [-0.39, 0.29) is 5.75 Å². The van der Waals surface area contributed by atoms with Crippen LogP contribution in [0.5, 0.6) is 5.75 Å². The van der Waals surface area contributed by atoms with Gasteiger partial charge in [-0.2, -0.15) is 0 Å². The van der Waals surface area contributed by atoms with Crippen LogP contribution in [0.4, 0.5) is 4.39 Å². The van der Waals surface area contributed by atoms with Crippen LogP contribution in [0.3, 0.4) is 0 Å². The third-order valence-corrected chi connectivity index (χ3v) is 2.22. The second-order valence-electron chi connectivity index (χ2n) is 3.20. The molecule has 74 valence electrons. The first kappa shape index (κ1) is 9.02. The lowest BCUT2D eigenvalue weighted by molar-refractivity contribution is 0.475. The van der Waals surface area contributed by atoms with Crippen LogP contribution in [0, 0.1) is 5.82 Å². The molecule has 1 aromatic heterocycles. The van der Waals surface area contributed by atoms with Crippen LogP contribution in [0.25, 0.3) is 10.9 Å². The number of aromatic amines is 1. The van der Waals surface area contributed by atoms with Gasteiger partial charge >= 0.3 is 0 Å². The van der Waals surface area contributed by atoms with E-state index in [2.05, 4.69) is 4.98 Å². The molecule has 4 heteroatoms. The highest BCUT2D eigenvalue weighted by atomic mass is 19.1. The smallest absolute Gasteiger partial charge is 0.129 e. The maximum Gasteiger partial charge on any atom is 0.129 e. The number of halogens is 1. The van der Waals surface area contributed by atoms with Crippen molar-refractivity contribution >= 4 is 10.9 Å². The van der Waals surface area contributed by atoms with Crippen LogP contribution in [-0.2, 0) is 6.42 Å². The first-order valence-corrected chi connectivity index (χ1v) is 4.41. The number of H-pyrrole nitrogens is 1. The number of phenols is 1. The van der Waals surface area contributed by atoms with Crippen LogP contribution in [0.2, 0.25) is 0 Å². The average molecular weight is 194 g/mol. The van der Waals surface area contributed by atoms with Gasteiger partial charge in [0.1, 0.15) is 11.6 Å². The van der Waals surface area contributed by atoms with Crippen LogP contribution < -0.4 is 5.73 Å². The Kier molecular flexibility index (Phi) is 2.13. The van der Waals surface area contributed by atoms with E-state index in [1.807, 2.05) is 0 Å². The number of benzene rings is 1. The fourth-order valence-electron chi connectivity index (χ4n) is 1.63. The number of phenolic OH excluding ortho intramolecular Hbond substituents is 1. The van der Waals surface area contributed by atoms with Crippen molar-refractivity contribution in [1.82, 2.24) is 4.98 Å². The first-order chi connectivity index (χ1) is 6.72. The molecule has 14 heavy (non-hydrogen) atoms. The number of aromatic hydroxyl groups is 1. The lowest BCUT2D eigenvalue weighted by atomic mass is 10.1. The SMILES string of the molecule is NCCc1c[nH]c2cc(F)cc(O)c12. The standard InChI is InChI=1S/C10H11FN2O/c11-7-3-8-10(9(14)4-7)6(1-2-12)5-13-8/h3-5,13-14H,1-2,12H2. The minimum atomic E-state index is -0.448. The van der Waals surface area contributed by atoms with Crippen molar-refractivity contribution < 1.29 is 9.50 Å². The maximum atomic E-state index is 12.9. The van der Waals surface area contributed by atoms with E-state index in [1.54, 1.807) is 6.20 Å². The molecular formula is C10H11FN2O. The van der Waals surface area contributed by atoms with Gasteiger partial charge in [0.05, 0.1) is 5.52 Å². The summed E-state index contributed by atoms with van der Waals surface area (Å²) in [5.41, 5.74) is 6.94. The highest BCUT2D eigenvalue weighted by Crippen LogP contribution is 2.28. The number of hydrogen-bond acceptors (Lipinski definition) is 2. The molecule has 0 amide bonds. The summed E-state index contributed by atoms with van der Waals surface area (Å²) in [6, 6.07) is 2.46. The van der Waals surface area contributed by atoms with E-state index in [0.717, 1.165) is 11.6 Å². The van der Waals surface area contributed by atoms with Gasteiger partial charge in [0.25, 0.3) is 0 Å². The summed E-state index contributed by atoms with van der Waals surface area (Å²) in [6.07, 6.45) is 2.41. The Morgan fingerprint density at radius 1 is 1.43 bits per heavy atom. The van der Waals surface area contributed by atoms with Crippen molar-refractivity contribution in [1.29, 1.82) is 0 Å². The van der Waals surface area contributed by atoms with E-state index in [1.165, 1.54) is 6.07 Å². The molecular weight excluding hydrogens is 183 g/mol. The summed E-state index contributed by atoms with van der Waals surface area (Å²) in [5.74, 6) is -0.485. The number of rotatable bonds is 2. The average Bonchev–Trinajstić information content (AvgIpc) is 2.49. The van der Waals surface area contributed by atoms with Crippen molar-refractivity contribution in [3.8, 4) is 5.75 Å². The van der Waals surface area contributed by atoms with Crippen molar-refractivity contribution in [2.45, 2.75) is 6.42 Å². The highest BCUT2D eigenvalue weighted by molar-refractivity contribution is 5.89. The zero-order chi connectivity index (χ0) is 10.1. The van der Waals surface area contributed by atoms with Crippen LogP contribution in [0.15, 0.2) is 18.3 Å². The zero-order valence-electron chi connectivity index (χ0n) is 7.55. The number of aromatic nitrogens is 1. The van der Waals surface area contributed by atoms with E-state index in [4.69, 9.17) is 5.73 Å². The summed E-state index contributed by atoms with van der Waals surface area (Å²) >= 11 is 0. The molecule has 0 saturated carbocycles. The molecule has 1 aromatic carbocycles. The van der Waals surface area contributed by atoms with E-state index >= 15 is 0 Å². The Bertz CT molecular complexity index is 464. The number of fused-ring (bicyclic) bond motifs is 1. The molecule has 0 aliphatic heterocycles. The summed E-state index contributed by atoms with van der Waals surface area (Å²) in [7, 11) is 0. The van der Waals surface area contributed by atoms with Crippen molar-refractivity contribution in [3.63, 3.8) is 0 Å². The molecule has 2 rings (SSSR count). The molecule has 0 fully saturated rings. The summed E-state index contributed by atoms with van der Waals surface area (Å²) in [5, 5.41) is 10.2. The Morgan fingerprint density at radius 2 is 2.21 bits per heavy atom. The summed E-state index contributed by atoms with van der Waals surface area (Å²) < 4.78 is 12.9. The van der Waals surface area contributed by atoms with Gasteiger partial charge in [0, 0.05) is 17.6 Å². The lowest BCUT2D eigenvalue weighted by Gasteiger charge is -1.99. The van der Waals surface area contributed by atoms with Gasteiger partial charge in [-0.05, 0) is 24.6 Å². The third kappa shape index (κ3) is 1.33. The molecule has 0 spiro atoms. The Labute approximate surface area is 80.4 Å². The van der Waals surface area contributed by atoms with Gasteiger partial charge < -0.3 is 15.8 Å². The minimum Gasteiger partial charge on any atom is -0.507 e. The Morgan fingerprint density at radius 3 is 2.93 bits per heavy atom.